The first-order valence-corrected chi connectivity index (χ1v) is 8.95. The molecule has 0 spiro atoms. The van der Waals surface area contributed by atoms with Crippen LogP contribution in [0.25, 0.3) is 0 Å². The number of sulfonamides is 1. The minimum atomic E-state index is -3.64. The standard InChI is InChI=1S/C12H14BrN3O2S2/c1-8-10(13)5-9(7-14-2)6-11(8)20(17,18)16-12-15-3-4-19-12/h3-6,14H,7H2,1-2H3,(H,15,16). The molecule has 0 saturated heterocycles. The molecule has 2 aromatic rings. The zero-order valence-electron chi connectivity index (χ0n) is 11.0. The fourth-order valence-corrected chi connectivity index (χ4v) is 4.48. The maximum Gasteiger partial charge on any atom is 0.263 e. The van der Waals surface area contributed by atoms with Gasteiger partial charge in [0.2, 0.25) is 0 Å². The van der Waals surface area contributed by atoms with Crippen molar-refractivity contribution in [1.82, 2.24) is 10.3 Å². The van der Waals surface area contributed by atoms with E-state index < -0.39 is 10.0 Å². The minimum Gasteiger partial charge on any atom is -0.316 e. The minimum absolute atomic E-state index is 0.257. The third kappa shape index (κ3) is 3.38. The Morgan fingerprint density at radius 1 is 1.40 bits per heavy atom. The van der Waals surface area contributed by atoms with Crippen molar-refractivity contribution in [3.63, 3.8) is 0 Å². The molecule has 1 aromatic carbocycles. The lowest BCUT2D eigenvalue weighted by Crippen LogP contribution is -2.15. The maximum atomic E-state index is 12.4. The van der Waals surface area contributed by atoms with E-state index in [0.29, 0.717) is 17.2 Å². The molecule has 20 heavy (non-hydrogen) atoms. The van der Waals surface area contributed by atoms with Crippen molar-refractivity contribution in [2.24, 2.45) is 0 Å². The molecule has 0 radical (unpaired) electrons. The average molecular weight is 376 g/mol. The molecule has 0 atom stereocenters. The van der Waals surface area contributed by atoms with Gasteiger partial charge >= 0.3 is 0 Å². The number of anilines is 1. The second-order valence-electron chi connectivity index (χ2n) is 4.17. The van der Waals surface area contributed by atoms with Crippen LogP contribution in [0.4, 0.5) is 5.13 Å². The van der Waals surface area contributed by atoms with Crippen LogP contribution in [0.2, 0.25) is 0 Å². The molecule has 2 rings (SSSR count). The third-order valence-electron chi connectivity index (χ3n) is 2.68. The van der Waals surface area contributed by atoms with Gasteiger partial charge in [0.1, 0.15) is 0 Å². The fraction of sp³-hybridized carbons (Fsp3) is 0.250. The van der Waals surface area contributed by atoms with E-state index in [1.54, 1.807) is 24.6 Å². The highest BCUT2D eigenvalue weighted by Gasteiger charge is 2.20. The summed E-state index contributed by atoms with van der Waals surface area (Å²) in [6.45, 7) is 2.36. The molecule has 0 aliphatic carbocycles. The molecule has 1 heterocycles. The van der Waals surface area contributed by atoms with Crippen molar-refractivity contribution in [3.05, 3.63) is 39.3 Å². The summed E-state index contributed by atoms with van der Waals surface area (Å²) in [7, 11) is -1.82. The SMILES string of the molecule is CNCc1cc(Br)c(C)c(S(=O)(=O)Nc2nccs2)c1. The Labute approximate surface area is 130 Å². The smallest absolute Gasteiger partial charge is 0.263 e. The third-order valence-corrected chi connectivity index (χ3v) is 5.79. The van der Waals surface area contributed by atoms with Gasteiger partial charge in [0, 0.05) is 22.6 Å². The van der Waals surface area contributed by atoms with Gasteiger partial charge in [0.05, 0.1) is 4.90 Å². The summed E-state index contributed by atoms with van der Waals surface area (Å²) in [5.74, 6) is 0. The molecule has 108 valence electrons. The van der Waals surface area contributed by atoms with Gasteiger partial charge in [-0.05, 0) is 37.2 Å². The van der Waals surface area contributed by atoms with Gasteiger partial charge < -0.3 is 5.32 Å². The number of benzene rings is 1. The first-order valence-electron chi connectivity index (χ1n) is 5.80. The number of nitrogens with one attached hydrogen (secondary N) is 2. The second kappa shape index (κ2) is 6.21. The summed E-state index contributed by atoms with van der Waals surface area (Å²) in [6, 6.07) is 3.58. The van der Waals surface area contributed by atoms with E-state index in [2.05, 4.69) is 31.0 Å². The van der Waals surface area contributed by atoms with Crippen LogP contribution in [0, 0.1) is 6.92 Å². The lowest BCUT2D eigenvalue weighted by atomic mass is 10.1. The number of thiazole rings is 1. The summed E-state index contributed by atoms with van der Waals surface area (Å²) in [5.41, 5.74) is 1.57. The first-order chi connectivity index (χ1) is 9.44. The Hall–Kier alpha value is -0.960. The van der Waals surface area contributed by atoms with Gasteiger partial charge in [-0.2, -0.15) is 0 Å². The van der Waals surface area contributed by atoms with Crippen molar-refractivity contribution >= 4 is 42.4 Å². The first kappa shape index (κ1) is 15.4. The Kier molecular flexibility index (Phi) is 4.79. The van der Waals surface area contributed by atoms with E-state index in [9.17, 15) is 8.42 Å². The van der Waals surface area contributed by atoms with Crippen LogP contribution in [0.3, 0.4) is 0 Å². The Balaban J connectivity index is 2.44. The largest absolute Gasteiger partial charge is 0.316 e. The van der Waals surface area contributed by atoms with Crippen LogP contribution in [0.15, 0.2) is 33.1 Å². The second-order valence-corrected chi connectivity index (χ2v) is 7.57. The van der Waals surface area contributed by atoms with E-state index in [4.69, 9.17) is 0 Å². The zero-order chi connectivity index (χ0) is 14.8. The van der Waals surface area contributed by atoms with Crippen LogP contribution in [-0.2, 0) is 16.6 Å². The molecule has 2 N–H and O–H groups in total. The van der Waals surface area contributed by atoms with E-state index >= 15 is 0 Å². The van der Waals surface area contributed by atoms with E-state index in [0.717, 1.165) is 10.0 Å². The summed E-state index contributed by atoms with van der Waals surface area (Å²) >= 11 is 4.65. The molecule has 5 nitrogen and oxygen atoms in total. The molecule has 0 amide bonds. The van der Waals surface area contributed by atoms with Crippen LogP contribution < -0.4 is 10.0 Å². The molecule has 0 unspecified atom stereocenters. The predicted molar refractivity (Wildman–Crippen MR) is 84.6 cm³/mol. The van der Waals surface area contributed by atoms with Crippen LogP contribution >= 0.6 is 27.3 Å². The number of aromatic nitrogens is 1. The molecule has 8 heteroatoms. The summed E-state index contributed by atoms with van der Waals surface area (Å²) in [5, 5.41) is 5.09. The zero-order valence-corrected chi connectivity index (χ0v) is 14.2. The predicted octanol–water partition coefficient (Wildman–Crippen LogP) is 2.73. The van der Waals surface area contributed by atoms with Gasteiger partial charge in [0.25, 0.3) is 10.0 Å². The van der Waals surface area contributed by atoms with Crippen molar-refractivity contribution in [2.45, 2.75) is 18.4 Å². The van der Waals surface area contributed by atoms with E-state index in [1.165, 1.54) is 11.3 Å². The Morgan fingerprint density at radius 2 is 2.15 bits per heavy atom. The van der Waals surface area contributed by atoms with Gasteiger partial charge in [-0.1, -0.05) is 15.9 Å². The number of hydrogen-bond acceptors (Lipinski definition) is 5. The summed E-state index contributed by atoms with van der Waals surface area (Å²) in [4.78, 5) is 4.20. The molecule has 0 saturated carbocycles. The summed E-state index contributed by atoms with van der Waals surface area (Å²) in [6.07, 6.45) is 1.56. The van der Waals surface area contributed by atoms with E-state index in [1.807, 2.05) is 13.1 Å². The van der Waals surface area contributed by atoms with Crippen molar-refractivity contribution in [2.75, 3.05) is 11.8 Å². The molecule has 0 aliphatic rings. The fourth-order valence-electron chi connectivity index (χ4n) is 1.74. The van der Waals surface area contributed by atoms with Crippen molar-refractivity contribution in [3.8, 4) is 0 Å². The monoisotopic (exact) mass is 375 g/mol. The van der Waals surface area contributed by atoms with Crippen molar-refractivity contribution < 1.29 is 8.42 Å². The van der Waals surface area contributed by atoms with E-state index in [-0.39, 0.29) is 4.90 Å². The van der Waals surface area contributed by atoms with Crippen molar-refractivity contribution in [1.29, 1.82) is 0 Å². The maximum absolute atomic E-state index is 12.4. The van der Waals surface area contributed by atoms with Crippen LogP contribution in [-0.4, -0.2) is 20.4 Å². The highest BCUT2D eigenvalue weighted by atomic mass is 79.9. The molecular formula is C12H14BrN3O2S2. The van der Waals surface area contributed by atoms with Crippen LogP contribution in [0.5, 0.6) is 0 Å². The van der Waals surface area contributed by atoms with Gasteiger partial charge in [-0.15, -0.1) is 11.3 Å². The number of rotatable bonds is 5. The highest BCUT2D eigenvalue weighted by molar-refractivity contribution is 9.10. The topological polar surface area (TPSA) is 71.1 Å². The quantitative estimate of drug-likeness (QED) is 0.842. The Morgan fingerprint density at radius 3 is 2.75 bits per heavy atom. The molecular weight excluding hydrogens is 362 g/mol. The van der Waals surface area contributed by atoms with Crippen LogP contribution in [0.1, 0.15) is 11.1 Å². The molecule has 0 bridgehead atoms. The lowest BCUT2D eigenvalue weighted by Gasteiger charge is -2.12. The van der Waals surface area contributed by atoms with Gasteiger partial charge in [0.15, 0.2) is 5.13 Å². The number of hydrogen-bond donors (Lipinski definition) is 2. The number of nitrogens with zero attached hydrogens (tertiary/aromatic N) is 1. The summed E-state index contributed by atoms with van der Waals surface area (Å²) < 4.78 is 28.1. The normalized spacial score (nSPS) is 11.6. The Bertz CT molecular complexity index is 700. The molecule has 0 fully saturated rings. The number of halogens is 1. The lowest BCUT2D eigenvalue weighted by molar-refractivity contribution is 0.600. The van der Waals surface area contributed by atoms with Gasteiger partial charge in [-0.3, -0.25) is 4.72 Å². The molecule has 0 aliphatic heterocycles. The average Bonchev–Trinajstić information content (AvgIpc) is 2.85. The van der Waals surface area contributed by atoms with Gasteiger partial charge in [-0.25, -0.2) is 13.4 Å². The highest BCUT2D eigenvalue weighted by Crippen LogP contribution is 2.27. The molecule has 1 aromatic heterocycles.